The molecule has 0 aliphatic rings. The maximum Gasteiger partial charge on any atom is 0.259 e. The maximum absolute atomic E-state index is 11.7. The zero-order chi connectivity index (χ0) is 11.5. The first-order valence-corrected chi connectivity index (χ1v) is 6.61. The van der Waals surface area contributed by atoms with E-state index < -0.39 is 10.0 Å². The number of sulfonamides is 1. The topological polar surface area (TPSA) is 64.0 Å². The van der Waals surface area contributed by atoms with E-state index in [0.717, 1.165) is 0 Å². The predicted octanol–water partition coefficient (Wildman–Crippen LogP) is 0.809. The normalized spacial score (nSPS) is 14.1. The molecule has 0 radical (unpaired) electrons. The third kappa shape index (κ3) is 3.19. The molecule has 0 amide bonds. The quantitative estimate of drug-likeness (QED) is 0.788. The molecule has 0 aliphatic heterocycles. The van der Waals surface area contributed by atoms with Crippen molar-refractivity contribution in [3.63, 3.8) is 0 Å². The lowest BCUT2D eigenvalue weighted by molar-refractivity contribution is 0.567. The van der Waals surface area contributed by atoms with E-state index in [4.69, 9.17) is 11.6 Å². The summed E-state index contributed by atoms with van der Waals surface area (Å²) in [6.45, 7) is 4.29. The Kier molecular flexibility index (Phi) is 4.12. The number of nitrogens with zero attached hydrogens (tertiary/aromatic N) is 2. The van der Waals surface area contributed by atoms with Crippen LogP contribution in [0, 0.1) is 0 Å². The molecule has 1 aromatic heterocycles. The van der Waals surface area contributed by atoms with Gasteiger partial charge in [0.2, 0.25) is 0 Å². The largest absolute Gasteiger partial charge is 0.336 e. The van der Waals surface area contributed by atoms with Crippen molar-refractivity contribution < 1.29 is 8.42 Å². The Morgan fingerprint density at radius 1 is 1.67 bits per heavy atom. The SMILES string of the molecule is CCn1cnc(S(=O)(=O)NC(C)CCl)c1. The van der Waals surface area contributed by atoms with E-state index in [9.17, 15) is 8.42 Å². The Bertz CT molecular complexity index is 415. The van der Waals surface area contributed by atoms with Gasteiger partial charge in [0, 0.05) is 24.7 Å². The van der Waals surface area contributed by atoms with Gasteiger partial charge in [0.05, 0.1) is 6.33 Å². The molecule has 86 valence electrons. The molecule has 0 saturated carbocycles. The summed E-state index contributed by atoms with van der Waals surface area (Å²) in [6, 6.07) is -0.302. The van der Waals surface area contributed by atoms with Crippen molar-refractivity contribution in [2.75, 3.05) is 5.88 Å². The van der Waals surface area contributed by atoms with Crippen LogP contribution in [0.15, 0.2) is 17.6 Å². The van der Waals surface area contributed by atoms with E-state index in [2.05, 4.69) is 9.71 Å². The van der Waals surface area contributed by atoms with Crippen LogP contribution in [0.25, 0.3) is 0 Å². The number of imidazole rings is 1. The van der Waals surface area contributed by atoms with E-state index in [0.29, 0.717) is 6.54 Å². The van der Waals surface area contributed by atoms with Gasteiger partial charge in [-0.25, -0.2) is 18.1 Å². The third-order valence-corrected chi connectivity index (χ3v) is 3.77. The molecular formula is C8H14ClN3O2S. The second kappa shape index (κ2) is 4.96. The van der Waals surface area contributed by atoms with Crippen LogP contribution < -0.4 is 4.72 Å². The number of alkyl halides is 1. The number of hydrogen-bond acceptors (Lipinski definition) is 3. The summed E-state index contributed by atoms with van der Waals surface area (Å²) >= 11 is 5.53. The van der Waals surface area contributed by atoms with Gasteiger partial charge in [0.25, 0.3) is 10.0 Å². The zero-order valence-electron chi connectivity index (χ0n) is 8.64. The first-order valence-electron chi connectivity index (χ1n) is 4.59. The molecule has 7 heteroatoms. The van der Waals surface area contributed by atoms with Crippen molar-refractivity contribution in [1.82, 2.24) is 14.3 Å². The molecule has 0 saturated heterocycles. The Morgan fingerprint density at radius 3 is 2.80 bits per heavy atom. The fraction of sp³-hybridized carbons (Fsp3) is 0.625. The van der Waals surface area contributed by atoms with E-state index >= 15 is 0 Å². The minimum Gasteiger partial charge on any atom is -0.336 e. The van der Waals surface area contributed by atoms with Crippen LogP contribution in [-0.2, 0) is 16.6 Å². The monoisotopic (exact) mass is 251 g/mol. The molecule has 0 aromatic carbocycles. The van der Waals surface area contributed by atoms with Gasteiger partial charge in [0.1, 0.15) is 0 Å². The fourth-order valence-electron chi connectivity index (χ4n) is 1.01. The highest BCUT2D eigenvalue weighted by Crippen LogP contribution is 2.06. The van der Waals surface area contributed by atoms with Crippen LogP contribution in [0.3, 0.4) is 0 Å². The summed E-state index contributed by atoms with van der Waals surface area (Å²) in [5, 5.41) is 0.0290. The summed E-state index contributed by atoms with van der Waals surface area (Å²) in [4.78, 5) is 3.82. The highest BCUT2D eigenvalue weighted by atomic mass is 35.5. The molecule has 1 N–H and O–H groups in total. The molecule has 1 rings (SSSR count). The molecule has 0 spiro atoms. The number of nitrogens with one attached hydrogen (secondary N) is 1. The van der Waals surface area contributed by atoms with Crippen LogP contribution in [0.1, 0.15) is 13.8 Å². The van der Waals surface area contributed by atoms with Gasteiger partial charge in [-0.3, -0.25) is 0 Å². The summed E-state index contributed by atoms with van der Waals surface area (Å²) in [7, 11) is -3.53. The van der Waals surface area contributed by atoms with Crippen LogP contribution in [0.4, 0.5) is 0 Å². The molecular weight excluding hydrogens is 238 g/mol. The number of hydrogen-bond donors (Lipinski definition) is 1. The fourth-order valence-corrected chi connectivity index (χ4v) is 2.37. The molecule has 15 heavy (non-hydrogen) atoms. The van der Waals surface area contributed by atoms with Crippen LogP contribution >= 0.6 is 11.6 Å². The van der Waals surface area contributed by atoms with Crippen LogP contribution in [-0.4, -0.2) is 29.9 Å². The van der Waals surface area contributed by atoms with E-state index in [1.54, 1.807) is 11.5 Å². The highest BCUT2D eigenvalue weighted by Gasteiger charge is 2.19. The van der Waals surface area contributed by atoms with E-state index in [-0.39, 0.29) is 16.9 Å². The van der Waals surface area contributed by atoms with Gasteiger partial charge < -0.3 is 4.57 Å². The summed E-state index contributed by atoms with van der Waals surface area (Å²) in [5.74, 6) is 0.230. The summed E-state index contributed by atoms with van der Waals surface area (Å²) in [5.41, 5.74) is 0. The Labute approximate surface area is 94.5 Å². The van der Waals surface area contributed by atoms with Crippen molar-refractivity contribution in [1.29, 1.82) is 0 Å². The Balaban J connectivity index is 2.86. The van der Waals surface area contributed by atoms with E-state index in [1.165, 1.54) is 12.5 Å². The maximum atomic E-state index is 11.7. The summed E-state index contributed by atoms with van der Waals surface area (Å²) < 4.78 is 27.5. The van der Waals surface area contributed by atoms with Crippen molar-refractivity contribution >= 4 is 21.6 Å². The number of aromatic nitrogens is 2. The lowest BCUT2D eigenvalue weighted by Crippen LogP contribution is -2.33. The van der Waals surface area contributed by atoms with Gasteiger partial charge in [0.15, 0.2) is 5.03 Å². The average Bonchev–Trinajstić information content (AvgIpc) is 2.65. The first kappa shape index (κ1) is 12.5. The number of rotatable bonds is 5. The van der Waals surface area contributed by atoms with Gasteiger partial charge in [-0.2, -0.15) is 0 Å². The summed E-state index contributed by atoms with van der Waals surface area (Å²) in [6.07, 6.45) is 2.98. The molecule has 0 bridgehead atoms. The Hall–Kier alpha value is -0.590. The number of halogens is 1. The molecule has 1 unspecified atom stereocenters. The van der Waals surface area contributed by atoms with Crippen molar-refractivity contribution in [3.8, 4) is 0 Å². The second-order valence-electron chi connectivity index (χ2n) is 3.22. The molecule has 1 aromatic rings. The predicted molar refractivity (Wildman–Crippen MR) is 58.4 cm³/mol. The standard InChI is InChI=1S/C8H14ClN3O2S/c1-3-12-5-8(10-6-12)15(13,14)11-7(2)4-9/h5-7,11H,3-4H2,1-2H3. The first-order chi connectivity index (χ1) is 6.99. The highest BCUT2D eigenvalue weighted by molar-refractivity contribution is 7.89. The van der Waals surface area contributed by atoms with Gasteiger partial charge in [-0.15, -0.1) is 11.6 Å². The van der Waals surface area contributed by atoms with Crippen molar-refractivity contribution in [3.05, 3.63) is 12.5 Å². The van der Waals surface area contributed by atoms with Gasteiger partial charge >= 0.3 is 0 Å². The van der Waals surface area contributed by atoms with Crippen LogP contribution in [0.2, 0.25) is 0 Å². The van der Waals surface area contributed by atoms with Crippen molar-refractivity contribution in [2.24, 2.45) is 0 Å². The lowest BCUT2D eigenvalue weighted by atomic mass is 10.4. The lowest BCUT2D eigenvalue weighted by Gasteiger charge is -2.08. The number of aryl methyl sites for hydroxylation is 1. The minimum atomic E-state index is -3.53. The Morgan fingerprint density at radius 2 is 2.33 bits per heavy atom. The van der Waals surface area contributed by atoms with Gasteiger partial charge in [-0.1, -0.05) is 0 Å². The molecule has 1 atom stereocenters. The molecule has 5 nitrogen and oxygen atoms in total. The molecule has 0 fully saturated rings. The average molecular weight is 252 g/mol. The smallest absolute Gasteiger partial charge is 0.259 e. The molecule has 0 aliphatic carbocycles. The van der Waals surface area contributed by atoms with Crippen LogP contribution in [0.5, 0.6) is 0 Å². The zero-order valence-corrected chi connectivity index (χ0v) is 10.2. The second-order valence-corrected chi connectivity index (χ2v) is 5.19. The van der Waals surface area contributed by atoms with Crippen molar-refractivity contribution in [2.45, 2.75) is 31.5 Å². The molecule has 1 heterocycles. The van der Waals surface area contributed by atoms with E-state index in [1.807, 2.05) is 6.92 Å². The third-order valence-electron chi connectivity index (χ3n) is 1.84. The van der Waals surface area contributed by atoms with Gasteiger partial charge in [-0.05, 0) is 13.8 Å². The minimum absolute atomic E-state index is 0.0290.